The molecule has 0 heterocycles. The maximum Gasteiger partial charge on any atom is 0.246 e. The zero-order chi connectivity index (χ0) is 18.1. The first-order chi connectivity index (χ1) is 12.1. The Labute approximate surface area is 150 Å². The summed E-state index contributed by atoms with van der Waals surface area (Å²) in [5, 5.41) is 5.88. The maximum absolute atomic E-state index is 11.7. The number of benzene rings is 2. The van der Waals surface area contributed by atoms with Crippen LogP contribution in [0, 0.1) is 0 Å². The summed E-state index contributed by atoms with van der Waals surface area (Å²) < 4.78 is 22.7. The first-order valence-corrected chi connectivity index (χ1v) is 10.2. The van der Waals surface area contributed by atoms with E-state index in [9.17, 15) is 9.46 Å². The third-order valence-corrected chi connectivity index (χ3v) is 5.33. The second-order valence-corrected chi connectivity index (χ2v) is 7.21. The Morgan fingerprint density at radius 1 is 1.08 bits per heavy atom. The minimum Gasteiger partial charge on any atom is -0.343 e. The Hall–Kier alpha value is -1.23. The second kappa shape index (κ2) is 10.0. The fourth-order valence-corrected chi connectivity index (χ4v) is 3.92. The predicted octanol–water partition coefficient (Wildman–Crippen LogP) is 3.90. The van der Waals surface area contributed by atoms with E-state index < -0.39 is 13.6 Å². The molecule has 1 atom stereocenters. The molecule has 0 bridgehead atoms. The summed E-state index contributed by atoms with van der Waals surface area (Å²) in [6.07, 6.45) is 1.09. The molecular weight excluding hydrogens is 337 g/mol. The van der Waals surface area contributed by atoms with Gasteiger partial charge in [0.2, 0.25) is 13.6 Å². The van der Waals surface area contributed by atoms with Crippen LogP contribution in [0.2, 0.25) is 0 Å². The first kappa shape index (κ1) is 20.1. The van der Waals surface area contributed by atoms with E-state index in [0.29, 0.717) is 26.1 Å². The van der Waals surface area contributed by atoms with Crippen molar-refractivity contribution in [2.75, 3.05) is 19.8 Å². The minimum absolute atomic E-state index is 0.348. The molecule has 2 N–H and O–H groups in total. The van der Waals surface area contributed by atoms with Gasteiger partial charge >= 0.3 is 0 Å². The van der Waals surface area contributed by atoms with Gasteiger partial charge in [0.1, 0.15) is 0 Å². The van der Waals surface area contributed by atoms with Gasteiger partial charge in [0.05, 0.1) is 0 Å². The highest BCUT2D eigenvalue weighted by atomic mass is 31.1. The van der Waals surface area contributed by atoms with Gasteiger partial charge in [-0.25, -0.2) is 0 Å². The molecule has 0 saturated heterocycles. The van der Waals surface area contributed by atoms with Gasteiger partial charge in [-0.3, -0.25) is 4.57 Å². The van der Waals surface area contributed by atoms with Crippen LogP contribution in [0.4, 0.5) is 0 Å². The van der Waals surface area contributed by atoms with Crippen LogP contribution in [0.5, 0.6) is 0 Å². The second-order valence-electron chi connectivity index (χ2n) is 5.84. The highest BCUT2D eigenvalue weighted by Gasteiger charge is 2.37. The number of nitrogens with one attached hydrogen (secondary N) is 1. The lowest BCUT2D eigenvalue weighted by atomic mass is 10.0. The number of hydrogen-bond donors (Lipinski definition) is 2. The van der Waals surface area contributed by atoms with Crippen LogP contribution in [0.15, 0.2) is 42.5 Å². The third kappa shape index (κ3) is 5.37. The average molecular weight is 365 g/mol. The lowest BCUT2D eigenvalue weighted by Gasteiger charge is -2.30. The molecule has 0 radical (unpaired) electrons. The van der Waals surface area contributed by atoms with Gasteiger partial charge in [-0.05, 0) is 43.1 Å². The zero-order valence-electron chi connectivity index (χ0n) is 15.0. The molecule has 0 aromatic heterocycles. The van der Waals surface area contributed by atoms with Gasteiger partial charge in [-0.2, -0.15) is 0 Å². The number of hydrogen-bond acceptors (Lipinski definition) is 4. The van der Waals surface area contributed by atoms with Gasteiger partial charge in [-0.15, -0.1) is 0 Å². The summed E-state index contributed by atoms with van der Waals surface area (Å²) in [5.41, 5.74) is -0.107. The Kier molecular flexibility index (Phi) is 8.07. The van der Waals surface area contributed by atoms with Crippen molar-refractivity contribution in [1.82, 2.24) is 5.32 Å². The van der Waals surface area contributed by atoms with Gasteiger partial charge in [-0.1, -0.05) is 42.5 Å². The minimum atomic E-state index is -2.95. The first-order valence-electron chi connectivity index (χ1n) is 8.81. The normalized spacial score (nSPS) is 13.2. The van der Waals surface area contributed by atoms with Crippen LogP contribution in [0.3, 0.4) is 0 Å². The smallest absolute Gasteiger partial charge is 0.246 e. The van der Waals surface area contributed by atoms with E-state index in [1.165, 1.54) is 16.3 Å². The van der Waals surface area contributed by atoms with E-state index in [0.717, 1.165) is 13.1 Å². The fraction of sp³-hybridized carbons (Fsp3) is 0.474. The number of ether oxygens (including phenoxy) is 2. The summed E-state index contributed by atoms with van der Waals surface area (Å²) in [6.45, 7) is 5.78. The van der Waals surface area contributed by atoms with E-state index in [4.69, 9.17) is 9.47 Å². The molecule has 25 heavy (non-hydrogen) atoms. The van der Waals surface area contributed by atoms with Gasteiger partial charge in [0.25, 0.3) is 0 Å². The highest BCUT2D eigenvalue weighted by Crippen LogP contribution is 2.41. The molecule has 2 rings (SSSR count). The topological polar surface area (TPSA) is 67.8 Å². The van der Waals surface area contributed by atoms with E-state index >= 15 is 0 Å². The van der Waals surface area contributed by atoms with Gasteiger partial charge in [0, 0.05) is 26.2 Å². The monoisotopic (exact) mass is 365 g/mol. The molecule has 2 aromatic carbocycles. The van der Waals surface area contributed by atoms with Crippen LogP contribution < -0.4 is 5.32 Å². The van der Waals surface area contributed by atoms with Gasteiger partial charge in [0.15, 0.2) is 0 Å². The van der Waals surface area contributed by atoms with E-state index in [2.05, 4.69) is 35.6 Å². The Balaban J connectivity index is 1.88. The predicted molar refractivity (Wildman–Crippen MR) is 102 cm³/mol. The lowest BCUT2D eigenvalue weighted by molar-refractivity contribution is -0.180. The van der Waals surface area contributed by atoms with Crippen LogP contribution >= 0.6 is 8.03 Å². The molecule has 0 aliphatic rings. The largest absolute Gasteiger partial charge is 0.343 e. The molecule has 2 aromatic rings. The SMILES string of the molecule is CCOC(CCCNCc1cccc2ccccc12)(OCC)[PH](=O)O. The quantitative estimate of drug-likeness (QED) is 0.359. The zero-order valence-corrected chi connectivity index (χ0v) is 16.0. The van der Waals surface area contributed by atoms with E-state index in [-0.39, 0.29) is 0 Å². The molecule has 0 aliphatic carbocycles. The summed E-state index contributed by atoms with van der Waals surface area (Å²) >= 11 is 0. The molecule has 0 saturated carbocycles. The molecule has 138 valence electrons. The molecule has 0 fully saturated rings. The van der Waals surface area contributed by atoms with Crippen LogP contribution in [-0.2, 0) is 20.6 Å². The van der Waals surface area contributed by atoms with Crippen molar-refractivity contribution in [3.8, 4) is 0 Å². The summed E-state index contributed by atoms with van der Waals surface area (Å²) in [4.78, 5) is 9.65. The number of fused-ring (bicyclic) bond motifs is 1. The van der Waals surface area contributed by atoms with E-state index in [1.54, 1.807) is 13.8 Å². The molecule has 6 heteroatoms. The third-order valence-electron chi connectivity index (χ3n) is 4.14. The van der Waals surface area contributed by atoms with Crippen molar-refractivity contribution in [3.63, 3.8) is 0 Å². The van der Waals surface area contributed by atoms with Crippen LogP contribution in [-0.4, -0.2) is 30.2 Å². The van der Waals surface area contributed by atoms with Crippen molar-refractivity contribution >= 4 is 18.8 Å². The average Bonchev–Trinajstić information content (AvgIpc) is 2.61. The number of rotatable bonds is 11. The summed E-state index contributed by atoms with van der Waals surface area (Å²) in [5.74, 6) is 0. The summed E-state index contributed by atoms with van der Waals surface area (Å²) in [6, 6.07) is 14.6. The molecular formula is C19H28NO4P. The van der Waals surface area contributed by atoms with Crippen molar-refractivity contribution in [2.45, 2.75) is 38.8 Å². The van der Waals surface area contributed by atoms with Gasteiger partial charge < -0.3 is 19.7 Å². The maximum atomic E-state index is 11.7. The van der Waals surface area contributed by atoms with Crippen molar-refractivity contribution in [1.29, 1.82) is 0 Å². The molecule has 0 aliphatic heterocycles. The van der Waals surface area contributed by atoms with Crippen molar-refractivity contribution in [3.05, 3.63) is 48.0 Å². The lowest BCUT2D eigenvalue weighted by Crippen LogP contribution is -2.33. The van der Waals surface area contributed by atoms with E-state index in [1.807, 2.05) is 12.1 Å². The van der Waals surface area contributed by atoms with Crippen molar-refractivity contribution < 1.29 is 18.9 Å². The van der Waals surface area contributed by atoms with Crippen molar-refractivity contribution in [2.24, 2.45) is 0 Å². The highest BCUT2D eigenvalue weighted by molar-refractivity contribution is 7.39. The Morgan fingerprint density at radius 3 is 2.44 bits per heavy atom. The standard InChI is InChI=1S/C19H28NO4P/c1-3-23-19(24-4-2,25(21)22)13-8-14-20-15-17-11-7-10-16-9-5-6-12-18(16)17/h5-7,9-12,20,25H,3-4,8,13-15H2,1-2H3,(H,21,22). The Bertz CT molecular complexity index is 681. The molecule has 0 amide bonds. The summed E-state index contributed by atoms with van der Waals surface area (Å²) in [7, 11) is -2.95. The fourth-order valence-electron chi connectivity index (χ4n) is 3.00. The molecule has 0 spiro atoms. The molecule has 1 unspecified atom stereocenters. The van der Waals surface area contributed by atoms with Crippen LogP contribution in [0.1, 0.15) is 32.3 Å². The van der Waals surface area contributed by atoms with Crippen LogP contribution in [0.25, 0.3) is 10.8 Å². The molecule has 5 nitrogen and oxygen atoms in total. The Morgan fingerprint density at radius 2 is 1.76 bits per heavy atom.